The molecule has 0 aromatic heterocycles. The number of rotatable bonds is 5. The summed E-state index contributed by atoms with van der Waals surface area (Å²) in [4.78, 5) is 23.3. The van der Waals surface area contributed by atoms with Gasteiger partial charge in [-0.05, 0) is 30.6 Å². The van der Waals surface area contributed by atoms with Crippen LogP contribution in [0.25, 0.3) is 0 Å². The van der Waals surface area contributed by atoms with Crippen LogP contribution in [-0.2, 0) is 14.3 Å². The van der Waals surface area contributed by atoms with E-state index < -0.39 is 0 Å². The molecule has 1 amide bonds. The zero-order valence-electron chi connectivity index (χ0n) is 13.1. The van der Waals surface area contributed by atoms with Crippen molar-refractivity contribution in [1.29, 1.82) is 0 Å². The van der Waals surface area contributed by atoms with Crippen molar-refractivity contribution in [3.8, 4) is 0 Å². The Balaban J connectivity index is 2.45. The van der Waals surface area contributed by atoms with Crippen molar-refractivity contribution in [3.05, 3.63) is 0 Å². The monoisotopic (exact) mass is 284 g/mol. The fraction of sp³-hybridized carbons (Fsp3) is 0.867. The maximum absolute atomic E-state index is 12.3. The summed E-state index contributed by atoms with van der Waals surface area (Å²) in [7, 11) is 1.37. The van der Waals surface area contributed by atoms with Crippen LogP contribution in [0.5, 0.6) is 0 Å². The van der Waals surface area contributed by atoms with Crippen molar-refractivity contribution in [3.63, 3.8) is 0 Å². The van der Waals surface area contributed by atoms with Crippen LogP contribution in [0.4, 0.5) is 0 Å². The number of carbonyl (C=O) groups is 2. The Labute approximate surface area is 121 Å². The molecule has 0 radical (unpaired) electrons. The molecule has 0 aromatic rings. The van der Waals surface area contributed by atoms with Crippen LogP contribution in [0.2, 0.25) is 0 Å². The van der Waals surface area contributed by atoms with Gasteiger partial charge in [0, 0.05) is 24.9 Å². The summed E-state index contributed by atoms with van der Waals surface area (Å²) in [6, 6.07) is 0.174. The first-order chi connectivity index (χ1) is 9.30. The van der Waals surface area contributed by atoms with Gasteiger partial charge in [0.05, 0.1) is 7.11 Å². The quantitative estimate of drug-likeness (QED) is 0.591. The predicted molar refractivity (Wildman–Crippen MR) is 77.9 cm³/mol. The van der Waals surface area contributed by atoms with Gasteiger partial charge in [-0.25, -0.2) is 0 Å². The standard InChI is InChI=1S/C15H28N2O3/c1-10-12(16)8-7-11(15(10,2)3)14(19)17-9-5-6-13(18)20-4/h10-12H,5-9,16H2,1-4H3,(H,17,19). The number of ether oxygens (including phenoxy) is 1. The van der Waals surface area contributed by atoms with E-state index >= 15 is 0 Å². The SMILES string of the molecule is COC(=O)CCCNC(=O)C1CCC(N)C(C)C1(C)C. The lowest BCUT2D eigenvalue weighted by atomic mass is 9.61. The van der Waals surface area contributed by atoms with E-state index in [-0.39, 0.29) is 29.3 Å². The highest BCUT2D eigenvalue weighted by atomic mass is 16.5. The van der Waals surface area contributed by atoms with Crippen LogP contribution in [-0.4, -0.2) is 31.6 Å². The zero-order valence-corrected chi connectivity index (χ0v) is 13.1. The Morgan fingerprint density at radius 1 is 1.35 bits per heavy atom. The van der Waals surface area contributed by atoms with Crippen LogP contribution < -0.4 is 11.1 Å². The van der Waals surface area contributed by atoms with E-state index in [1.807, 2.05) is 0 Å². The molecule has 0 bridgehead atoms. The van der Waals surface area contributed by atoms with Crippen molar-refractivity contribution in [2.75, 3.05) is 13.7 Å². The molecule has 1 aliphatic rings. The average molecular weight is 284 g/mol. The number of hydrogen-bond donors (Lipinski definition) is 2. The number of carbonyl (C=O) groups excluding carboxylic acids is 2. The summed E-state index contributed by atoms with van der Waals surface area (Å²) in [5, 5.41) is 2.94. The largest absolute Gasteiger partial charge is 0.469 e. The Kier molecular flexibility index (Phi) is 5.99. The van der Waals surface area contributed by atoms with E-state index in [0.717, 1.165) is 12.8 Å². The second-order valence-electron chi connectivity index (χ2n) is 6.37. The number of nitrogens with two attached hydrogens (primary N) is 1. The highest BCUT2D eigenvalue weighted by Crippen LogP contribution is 2.44. The number of methoxy groups -OCH3 is 1. The van der Waals surface area contributed by atoms with Crippen LogP contribution in [0.1, 0.15) is 46.5 Å². The highest BCUT2D eigenvalue weighted by molar-refractivity contribution is 5.79. The molecule has 1 rings (SSSR count). The highest BCUT2D eigenvalue weighted by Gasteiger charge is 2.44. The number of nitrogens with one attached hydrogen (secondary N) is 1. The zero-order chi connectivity index (χ0) is 15.3. The van der Waals surface area contributed by atoms with E-state index in [4.69, 9.17) is 5.73 Å². The third-order valence-corrected chi connectivity index (χ3v) is 4.90. The second-order valence-corrected chi connectivity index (χ2v) is 6.37. The molecule has 3 unspecified atom stereocenters. The molecule has 20 heavy (non-hydrogen) atoms. The Morgan fingerprint density at radius 3 is 2.60 bits per heavy atom. The van der Waals surface area contributed by atoms with Crippen LogP contribution in [0.15, 0.2) is 0 Å². The topological polar surface area (TPSA) is 81.4 Å². The second kappa shape index (κ2) is 7.07. The Bertz CT molecular complexity index is 355. The minimum Gasteiger partial charge on any atom is -0.469 e. The van der Waals surface area contributed by atoms with Crippen LogP contribution in [0, 0.1) is 17.3 Å². The van der Waals surface area contributed by atoms with E-state index in [2.05, 4.69) is 30.8 Å². The van der Waals surface area contributed by atoms with Gasteiger partial charge in [-0.1, -0.05) is 20.8 Å². The molecule has 3 atom stereocenters. The molecule has 1 fully saturated rings. The molecular formula is C15H28N2O3. The molecular weight excluding hydrogens is 256 g/mol. The van der Waals surface area contributed by atoms with E-state index in [9.17, 15) is 9.59 Å². The van der Waals surface area contributed by atoms with Crippen molar-refractivity contribution in [2.24, 2.45) is 23.0 Å². The van der Waals surface area contributed by atoms with E-state index in [1.165, 1.54) is 7.11 Å². The third kappa shape index (κ3) is 3.95. The van der Waals surface area contributed by atoms with Crippen molar-refractivity contribution in [2.45, 2.75) is 52.5 Å². The lowest BCUT2D eigenvalue weighted by Gasteiger charge is -2.46. The first-order valence-electron chi connectivity index (χ1n) is 7.40. The van der Waals surface area contributed by atoms with Crippen LogP contribution in [0.3, 0.4) is 0 Å². The molecule has 0 spiro atoms. The van der Waals surface area contributed by atoms with Gasteiger partial charge in [0.25, 0.3) is 0 Å². The fourth-order valence-corrected chi connectivity index (χ4v) is 2.99. The third-order valence-electron chi connectivity index (χ3n) is 4.90. The molecule has 116 valence electrons. The average Bonchev–Trinajstić information content (AvgIpc) is 2.40. The minimum atomic E-state index is -0.239. The predicted octanol–water partition coefficient (Wildman–Crippen LogP) is 1.46. The summed E-state index contributed by atoms with van der Waals surface area (Å²) in [5.41, 5.74) is 6.01. The molecule has 0 saturated heterocycles. The number of amides is 1. The molecule has 1 saturated carbocycles. The van der Waals surface area contributed by atoms with Gasteiger partial charge in [0.15, 0.2) is 0 Å². The molecule has 5 nitrogen and oxygen atoms in total. The Morgan fingerprint density at radius 2 is 2.00 bits per heavy atom. The number of hydrogen-bond acceptors (Lipinski definition) is 4. The van der Waals surface area contributed by atoms with E-state index in [0.29, 0.717) is 25.3 Å². The lowest BCUT2D eigenvalue weighted by molar-refractivity contribution is -0.141. The molecule has 0 aromatic carbocycles. The first-order valence-corrected chi connectivity index (χ1v) is 7.40. The van der Waals surface area contributed by atoms with Crippen molar-refractivity contribution >= 4 is 11.9 Å². The summed E-state index contributed by atoms with van der Waals surface area (Å²) in [6.07, 6.45) is 2.68. The summed E-state index contributed by atoms with van der Waals surface area (Å²) >= 11 is 0. The van der Waals surface area contributed by atoms with E-state index in [1.54, 1.807) is 0 Å². The molecule has 0 heterocycles. The van der Waals surface area contributed by atoms with Gasteiger partial charge in [0.2, 0.25) is 5.91 Å². The molecule has 0 aliphatic heterocycles. The van der Waals surface area contributed by atoms with Gasteiger partial charge in [0.1, 0.15) is 0 Å². The summed E-state index contributed by atoms with van der Waals surface area (Å²) < 4.78 is 4.57. The number of esters is 1. The Hall–Kier alpha value is -1.10. The molecule has 3 N–H and O–H groups in total. The van der Waals surface area contributed by atoms with Gasteiger partial charge in [-0.2, -0.15) is 0 Å². The van der Waals surface area contributed by atoms with Gasteiger partial charge >= 0.3 is 5.97 Å². The smallest absolute Gasteiger partial charge is 0.305 e. The molecule has 5 heteroatoms. The van der Waals surface area contributed by atoms with Gasteiger partial charge < -0.3 is 15.8 Å². The van der Waals surface area contributed by atoms with Gasteiger partial charge in [-0.15, -0.1) is 0 Å². The maximum Gasteiger partial charge on any atom is 0.305 e. The fourth-order valence-electron chi connectivity index (χ4n) is 2.99. The van der Waals surface area contributed by atoms with Crippen LogP contribution >= 0.6 is 0 Å². The maximum atomic E-state index is 12.3. The van der Waals surface area contributed by atoms with Crippen molar-refractivity contribution in [1.82, 2.24) is 5.32 Å². The molecule has 1 aliphatic carbocycles. The lowest BCUT2D eigenvalue weighted by Crippen LogP contribution is -2.51. The van der Waals surface area contributed by atoms with Gasteiger partial charge in [-0.3, -0.25) is 9.59 Å². The minimum absolute atomic E-state index is 0.00423. The normalized spacial score (nSPS) is 28.8. The summed E-state index contributed by atoms with van der Waals surface area (Å²) in [6.45, 7) is 6.88. The summed E-state index contributed by atoms with van der Waals surface area (Å²) in [5.74, 6) is 0.160. The first kappa shape index (κ1) is 17.0. The van der Waals surface area contributed by atoms with Crippen molar-refractivity contribution < 1.29 is 14.3 Å².